The highest BCUT2D eigenvalue weighted by atomic mass is 32.1. The van der Waals surface area contributed by atoms with Crippen molar-refractivity contribution in [2.24, 2.45) is 5.92 Å². The largest absolute Gasteiger partial charge is 0.481 e. The van der Waals surface area contributed by atoms with E-state index in [1.807, 2.05) is 11.3 Å². The van der Waals surface area contributed by atoms with Gasteiger partial charge in [-0.05, 0) is 56.2 Å². The van der Waals surface area contributed by atoms with E-state index in [1.54, 1.807) is 0 Å². The minimum absolute atomic E-state index is 0.310. The molecule has 1 aliphatic heterocycles. The van der Waals surface area contributed by atoms with Crippen molar-refractivity contribution in [3.63, 3.8) is 0 Å². The van der Waals surface area contributed by atoms with E-state index in [0.29, 0.717) is 18.4 Å². The number of hydrogen-bond acceptors (Lipinski definition) is 3. The smallest absolute Gasteiger partial charge is 0.303 e. The Hall–Kier alpha value is -0.870. The molecule has 100 valence electrons. The van der Waals surface area contributed by atoms with Crippen molar-refractivity contribution in [3.05, 3.63) is 21.9 Å². The molecular weight excluding hydrogens is 246 g/mol. The molecule has 1 aliphatic rings. The number of nitrogens with zero attached hydrogens (tertiary/aromatic N) is 1. The summed E-state index contributed by atoms with van der Waals surface area (Å²) in [7, 11) is 0. The number of rotatable bonds is 5. The van der Waals surface area contributed by atoms with E-state index in [9.17, 15) is 4.79 Å². The maximum Gasteiger partial charge on any atom is 0.303 e. The van der Waals surface area contributed by atoms with Crippen molar-refractivity contribution < 1.29 is 9.90 Å². The zero-order chi connectivity index (χ0) is 13.1. The lowest BCUT2D eigenvalue weighted by Crippen LogP contribution is -2.24. The zero-order valence-corrected chi connectivity index (χ0v) is 11.9. The number of aliphatic carboxylic acids is 1. The van der Waals surface area contributed by atoms with E-state index in [2.05, 4.69) is 30.2 Å². The van der Waals surface area contributed by atoms with Crippen molar-refractivity contribution in [2.75, 3.05) is 13.1 Å². The van der Waals surface area contributed by atoms with Gasteiger partial charge in [-0.1, -0.05) is 0 Å². The second-order valence-electron chi connectivity index (χ2n) is 5.23. The summed E-state index contributed by atoms with van der Waals surface area (Å²) in [5, 5.41) is 10.9. The highest BCUT2D eigenvalue weighted by Crippen LogP contribution is 2.33. The quantitative estimate of drug-likeness (QED) is 0.890. The lowest BCUT2D eigenvalue weighted by Gasteiger charge is -2.24. The molecule has 1 fully saturated rings. The molecule has 1 aromatic rings. The molecule has 1 aromatic heterocycles. The first-order valence-electron chi connectivity index (χ1n) is 6.57. The van der Waals surface area contributed by atoms with Gasteiger partial charge in [-0.25, -0.2) is 0 Å². The second kappa shape index (κ2) is 5.85. The zero-order valence-electron chi connectivity index (χ0n) is 11.1. The minimum Gasteiger partial charge on any atom is -0.481 e. The monoisotopic (exact) mass is 267 g/mol. The number of carboxylic acid groups (broad SMARTS) is 1. The summed E-state index contributed by atoms with van der Waals surface area (Å²) >= 11 is 1.83. The van der Waals surface area contributed by atoms with Gasteiger partial charge in [0, 0.05) is 23.9 Å². The van der Waals surface area contributed by atoms with E-state index in [0.717, 1.165) is 25.9 Å². The maximum atomic E-state index is 10.6. The van der Waals surface area contributed by atoms with Gasteiger partial charge in [0.15, 0.2) is 0 Å². The SMILES string of the molecule is Cc1ccsc1C(C)N1CCC(CCC(=O)O)C1. The third-order valence-corrected chi connectivity index (χ3v) is 5.10. The minimum atomic E-state index is -0.671. The summed E-state index contributed by atoms with van der Waals surface area (Å²) in [5.41, 5.74) is 1.38. The van der Waals surface area contributed by atoms with Crippen molar-refractivity contribution in [3.8, 4) is 0 Å². The Balaban J connectivity index is 1.89. The second-order valence-corrected chi connectivity index (χ2v) is 6.17. The maximum absolute atomic E-state index is 10.6. The normalized spacial score (nSPS) is 22.2. The van der Waals surface area contributed by atoms with E-state index in [-0.39, 0.29) is 0 Å². The first kappa shape index (κ1) is 13.6. The van der Waals surface area contributed by atoms with Crippen molar-refractivity contribution in [1.82, 2.24) is 4.90 Å². The van der Waals surface area contributed by atoms with Gasteiger partial charge in [-0.3, -0.25) is 9.69 Å². The van der Waals surface area contributed by atoms with E-state index >= 15 is 0 Å². The van der Waals surface area contributed by atoms with Gasteiger partial charge in [-0.2, -0.15) is 0 Å². The molecule has 0 radical (unpaired) electrons. The van der Waals surface area contributed by atoms with Crippen molar-refractivity contribution >= 4 is 17.3 Å². The van der Waals surface area contributed by atoms with E-state index in [1.165, 1.54) is 10.4 Å². The Kier molecular flexibility index (Phi) is 4.40. The molecule has 1 saturated heterocycles. The van der Waals surface area contributed by atoms with Gasteiger partial charge >= 0.3 is 5.97 Å². The molecule has 3 nitrogen and oxygen atoms in total. The molecule has 1 N–H and O–H groups in total. The molecule has 4 heteroatoms. The molecule has 2 rings (SSSR count). The molecule has 18 heavy (non-hydrogen) atoms. The highest BCUT2D eigenvalue weighted by molar-refractivity contribution is 7.10. The van der Waals surface area contributed by atoms with Gasteiger partial charge in [0.05, 0.1) is 0 Å². The molecule has 2 heterocycles. The molecule has 0 amide bonds. The van der Waals surface area contributed by atoms with E-state index in [4.69, 9.17) is 5.11 Å². The third kappa shape index (κ3) is 3.12. The fourth-order valence-corrected chi connectivity index (χ4v) is 3.77. The van der Waals surface area contributed by atoms with Gasteiger partial charge in [0.1, 0.15) is 0 Å². The van der Waals surface area contributed by atoms with Crippen LogP contribution in [0.3, 0.4) is 0 Å². The van der Waals surface area contributed by atoms with Crippen LogP contribution in [0, 0.1) is 12.8 Å². The topological polar surface area (TPSA) is 40.5 Å². The Morgan fingerprint density at radius 1 is 1.67 bits per heavy atom. The first-order chi connectivity index (χ1) is 8.58. The van der Waals surface area contributed by atoms with Crippen LogP contribution in [-0.4, -0.2) is 29.1 Å². The van der Waals surface area contributed by atoms with Crippen LogP contribution in [0.1, 0.15) is 42.7 Å². The summed E-state index contributed by atoms with van der Waals surface area (Å²) in [6.45, 7) is 6.58. The van der Waals surface area contributed by atoms with Gasteiger partial charge in [-0.15, -0.1) is 11.3 Å². The number of carbonyl (C=O) groups is 1. The van der Waals surface area contributed by atoms with Crippen LogP contribution in [0.15, 0.2) is 11.4 Å². The average Bonchev–Trinajstić information content (AvgIpc) is 2.94. The summed E-state index contributed by atoms with van der Waals surface area (Å²) < 4.78 is 0. The predicted octanol–water partition coefficient (Wildman–Crippen LogP) is 3.30. The highest BCUT2D eigenvalue weighted by Gasteiger charge is 2.27. The fourth-order valence-electron chi connectivity index (χ4n) is 2.76. The van der Waals surface area contributed by atoms with Crippen molar-refractivity contribution in [2.45, 2.75) is 39.2 Å². The lowest BCUT2D eigenvalue weighted by molar-refractivity contribution is -0.137. The van der Waals surface area contributed by atoms with Crippen LogP contribution in [0.25, 0.3) is 0 Å². The van der Waals surface area contributed by atoms with Crippen LogP contribution in [-0.2, 0) is 4.79 Å². The number of carboxylic acids is 1. The lowest BCUT2D eigenvalue weighted by atomic mass is 10.0. The van der Waals surface area contributed by atoms with Gasteiger partial charge < -0.3 is 5.11 Å². The molecule has 2 atom stereocenters. The molecule has 2 unspecified atom stereocenters. The number of hydrogen-bond donors (Lipinski definition) is 1. The molecule has 0 aliphatic carbocycles. The fraction of sp³-hybridized carbons (Fsp3) is 0.643. The van der Waals surface area contributed by atoms with Crippen LogP contribution >= 0.6 is 11.3 Å². The Morgan fingerprint density at radius 2 is 2.44 bits per heavy atom. The summed E-state index contributed by atoms with van der Waals surface area (Å²) in [6.07, 6.45) is 2.27. The van der Waals surface area contributed by atoms with Gasteiger partial charge in [0.2, 0.25) is 0 Å². The molecule has 0 aromatic carbocycles. The first-order valence-corrected chi connectivity index (χ1v) is 7.45. The van der Waals surface area contributed by atoms with Crippen LogP contribution in [0.4, 0.5) is 0 Å². The number of thiophene rings is 1. The van der Waals surface area contributed by atoms with Crippen molar-refractivity contribution in [1.29, 1.82) is 0 Å². The standard InChI is InChI=1S/C14H21NO2S/c1-10-6-8-18-14(10)11(2)15-7-5-12(9-15)3-4-13(16)17/h6,8,11-12H,3-5,7,9H2,1-2H3,(H,16,17). The Bertz CT molecular complexity index is 416. The molecule has 0 bridgehead atoms. The summed E-state index contributed by atoms with van der Waals surface area (Å²) in [5.74, 6) is -0.112. The van der Waals surface area contributed by atoms with Gasteiger partial charge in [0.25, 0.3) is 0 Å². The van der Waals surface area contributed by atoms with Crippen LogP contribution < -0.4 is 0 Å². The Morgan fingerprint density at radius 3 is 3.06 bits per heavy atom. The summed E-state index contributed by atoms with van der Waals surface area (Å²) in [6, 6.07) is 2.65. The average molecular weight is 267 g/mol. The number of aryl methyl sites for hydroxylation is 1. The molecular formula is C14H21NO2S. The summed E-state index contributed by atoms with van der Waals surface area (Å²) in [4.78, 5) is 14.5. The predicted molar refractivity (Wildman–Crippen MR) is 74.0 cm³/mol. The number of likely N-dealkylation sites (tertiary alicyclic amines) is 1. The van der Waals surface area contributed by atoms with Crippen LogP contribution in [0.5, 0.6) is 0 Å². The molecule has 0 spiro atoms. The van der Waals surface area contributed by atoms with Crippen LogP contribution in [0.2, 0.25) is 0 Å². The Labute approximate surface area is 112 Å². The molecule has 0 saturated carbocycles. The van der Waals surface area contributed by atoms with E-state index < -0.39 is 5.97 Å². The third-order valence-electron chi connectivity index (χ3n) is 3.91.